The molecule has 0 bridgehead atoms. The highest BCUT2D eigenvalue weighted by molar-refractivity contribution is 5.43. The summed E-state index contributed by atoms with van der Waals surface area (Å²) in [5, 5.41) is 3.30. The van der Waals surface area contributed by atoms with E-state index >= 15 is 0 Å². The Morgan fingerprint density at radius 1 is 1.44 bits per heavy atom. The van der Waals surface area contributed by atoms with E-state index in [2.05, 4.69) is 27.1 Å². The standard InChI is InChI=1S/C13H22N4O/c1-4-5-17(11-7-14-8-11)12-6-13(16-9-15-12)18-10(2)3/h6,9-11,14H,4-5,7-8H2,1-3H3. The normalized spacial score (nSPS) is 15.6. The molecule has 0 aliphatic carbocycles. The predicted molar refractivity (Wildman–Crippen MR) is 72.1 cm³/mol. The van der Waals surface area contributed by atoms with Crippen LogP contribution in [0.1, 0.15) is 27.2 Å². The van der Waals surface area contributed by atoms with Gasteiger partial charge in [-0.15, -0.1) is 0 Å². The van der Waals surface area contributed by atoms with Crippen molar-refractivity contribution in [2.45, 2.75) is 39.3 Å². The van der Waals surface area contributed by atoms with Crippen LogP contribution in [-0.2, 0) is 0 Å². The number of hydrogen-bond donors (Lipinski definition) is 1. The first kappa shape index (κ1) is 13.1. The molecule has 1 aromatic rings. The first-order valence-electron chi connectivity index (χ1n) is 6.66. The second-order valence-electron chi connectivity index (χ2n) is 4.89. The molecule has 18 heavy (non-hydrogen) atoms. The van der Waals surface area contributed by atoms with Crippen molar-refractivity contribution in [2.75, 3.05) is 24.5 Å². The lowest BCUT2D eigenvalue weighted by molar-refractivity contribution is 0.232. The molecule has 2 rings (SSSR count). The van der Waals surface area contributed by atoms with Crippen molar-refractivity contribution in [3.8, 4) is 5.88 Å². The van der Waals surface area contributed by atoms with Crippen LogP contribution in [0.25, 0.3) is 0 Å². The van der Waals surface area contributed by atoms with Crippen molar-refractivity contribution in [1.82, 2.24) is 15.3 Å². The smallest absolute Gasteiger partial charge is 0.218 e. The van der Waals surface area contributed by atoms with Crippen LogP contribution in [0.3, 0.4) is 0 Å². The average molecular weight is 250 g/mol. The molecule has 5 nitrogen and oxygen atoms in total. The van der Waals surface area contributed by atoms with Gasteiger partial charge >= 0.3 is 0 Å². The molecule has 1 aromatic heterocycles. The zero-order valence-electron chi connectivity index (χ0n) is 11.4. The summed E-state index contributed by atoms with van der Waals surface area (Å²) in [6.07, 6.45) is 2.83. The van der Waals surface area contributed by atoms with E-state index in [4.69, 9.17) is 4.74 Å². The Balaban J connectivity index is 2.13. The number of anilines is 1. The predicted octanol–water partition coefficient (Wildman–Crippen LogP) is 1.45. The van der Waals surface area contributed by atoms with Crippen LogP contribution >= 0.6 is 0 Å². The molecule has 1 saturated heterocycles. The van der Waals surface area contributed by atoms with E-state index in [0.29, 0.717) is 11.9 Å². The fourth-order valence-corrected chi connectivity index (χ4v) is 2.01. The van der Waals surface area contributed by atoms with Gasteiger partial charge in [0.2, 0.25) is 5.88 Å². The Hall–Kier alpha value is -1.36. The van der Waals surface area contributed by atoms with Crippen LogP contribution in [-0.4, -0.2) is 41.7 Å². The SMILES string of the molecule is CCCN(c1cc(OC(C)C)ncn1)C1CNC1. The van der Waals surface area contributed by atoms with Gasteiger partial charge in [0.05, 0.1) is 12.1 Å². The molecule has 0 unspecified atom stereocenters. The highest BCUT2D eigenvalue weighted by Crippen LogP contribution is 2.20. The van der Waals surface area contributed by atoms with Crippen LogP contribution in [0, 0.1) is 0 Å². The zero-order chi connectivity index (χ0) is 13.0. The Kier molecular flexibility index (Phi) is 4.36. The van der Waals surface area contributed by atoms with Crippen LogP contribution in [0.4, 0.5) is 5.82 Å². The molecule has 0 radical (unpaired) electrons. The molecule has 0 spiro atoms. The van der Waals surface area contributed by atoms with Crippen molar-refractivity contribution >= 4 is 5.82 Å². The van der Waals surface area contributed by atoms with E-state index in [0.717, 1.165) is 31.9 Å². The maximum Gasteiger partial charge on any atom is 0.218 e. The second-order valence-corrected chi connectivity index (χ2v) is 4.89. The van der Waals surface area contributed by atoms with E-state index in [1.807, 2.05) is 19.9 Å². The third-order valence-electron chi connectivity index (χ3n) is 2.94. The average Bonchev–Trinajstić information content (AvgIpc) is 2.25. The van der Waals surface area contributed by atoms with Gasteiger partial charge in [-0.3, -0.25) is 0 Å². The summed E-state index contributed by atoms with van der Waals surface area (Å²) in [5.74, 6) is 1.62. The van der Waals surface area contributed by atoms with Gasteiger partial charge < -0.3 is 15.0 Å². The Morgan fingerprint density at radius 3 is 2.78 bits per heavy atom. The topological polar surface area (TPSA) is 50.3 Å². The summed E-state index contributed by atoms with van der Waals surface area (Å²) in [6, 6.07) is 2.49. The molecule has 2 heterocycles. The summed E-state index contributed by atoms with van der Waals surface area (Å²) in [5.41, 5.74) is 0. The molecule has 0 saturated carbocycles. The Labute approximate surface area is 109 Å². The molecule has 0 atom stereocenters. The summed E-state index contributed by atoms with van der Waals surface area (Å²) in [6.45, 7) is 9.27. The van der Waals surface area contributed by atoms with Gasteiger partial charge in [0.25, 0.3) is 0 Å². The van der Waals surface area contributed by atoms with Gasteiger partial charge in [0.15, 0.2) is 0 Å². The minimum absolute atomic E-state index is 0.137. The molecule has 100 valence electrons. The maximum atomic E-state index is 5.62. The summed E-state index contributed by atoms with van der Waals surface area (Å²) < 4.78 is 5.62. The Morgan fingerprint density at radius 2 is 2.22 bits per heavy atom. The van der Waals surface area contributed by atoms with E-state index in [1.165, 1.54) is 0 Å². The fourth-order valence-electron chi connectivity index (χ4n) is 2.01. The van der Waals surface area contributed by atoms with E-state index < -0.39 is 0 Å². The minimum atomic E-state index is 0.137. The lowest BCUT2D eigenvalue weighted by Crippen LogP contribution is -2.57. The number of nitrogens with zero attached hydrogens (tertiary/aromatic N) is 3. The highest BCUT2D eigenvalue weighted by atomic mass is 16.5. The molecule has 0 aromatic carbocycles. The number of rotatable bonds is 6. The lowest BCUT2D eigenvalue weighted by Gasteiger charge is -2.39. The third-order valence-corrected chi connectivity index (χ3v) is 2.94. The van der Waals surface area contributed by atoms with Gasteiger partial charge in [0.1, 0.15) is 12.1 Å². The summed E-state index contributed by atoms with van der Waals surface area (Å²) in [4.78, 5) is 10.9. The quantitative estimate of drug-likeness (QED) is 0.828. The first-order chi connectivity index (χ1) is 8.70. The second kappa shape index (κ2) is 6.00. The number of ether oxygens (including phenoxy) is 1. The first-order valence-corrected chi connectivity index (χ1v) is 6.66. The molecule has 5 heteroatoms. The van der Waals surface area contributed by atoms with E-state index in [1.54, 1.807) is 6.33 Å². The number of aromatic nitrogens is 2. The fraction of sp³-hybridized carbons (Fsp3) is 0.692. The van der Waals surface area contributed by atoms with Gasteiger partial charge in [-0.25, -0.2) is 9.97 Å². The van der Waals surface area contributed by atoms with Crippen molar-refractivity contribution in [3.63, 3.8) is 0 Å². The van der Waals surface area contributed by atoms with Crippen molar-refractivity contribution in [2.24, 2.45) is 0 Å². The van der Waals surface area contributed by atoms with Gasteiger partial charge in [-0.05, 0) is 20.3 Å². The molecule has 0 amide bonds. The molecule has 1 fully saturated rings. The van der Waals surface area contributed by atoms with Crippen LogP contribution < -0.4 is 15.0 Å². The van der Waals surface area contributed by atoms with Crippen molar-refractivity contribution in [1.29, 1.82) is 0 Å². The highest BCUT2D eigenvalue weighted by Gasteiger charge is 2.25. The summed E-state index contributed by atoms with van der Waals surface area (Å²) in [7, 11) is 0. The van der Waals surface area contributed by atoms with Crippen LogP contribution in [0.15, 0.2) is 12.4 Å². The molecular formula is C13H22N4O. The van der Waals surface area contributed by atoms with Gasteiger partial charge in [-0.1, -0.05) is 6.92 Å². The van der Waals surface area contributed by atoms with Gasteiger partial charge in [0, 0.05) is 25.7 Å². The molecule has 1 aliphatic heterocycles. The zero-order valence-corrected chi connectivity index (χ0v) is 11.4. The lowest BCUT2D eigenvalue weighted by atomic mass is 10.1. The van der Waals surface area contributed by atoms with Gasteiger partial charge in [-0.2, -0.15) is 0 Å². The maximum absolute atomic E-state index is 5.62. The molecule has 1 N–H and O–H groups in total. The van der Waals surface area contributed by atoms with Crippen molar-refractivity contribution < 1.29 is 4.74 Å². The summed E-state index contributed by atoms with van der Waals surface area (Å²) >= 11 is 0. The molecule has 1 aliphatic rings. The van der Waals surface area contributed by atoms with E-state index in [-0.39, 0.29) is 6.10 Å². The largest absolute Gasteiger partial charge is 0.475 e. The third kappa shape index (κ3) is 3.10. The Bertz CT molecular complexity index is 379. The minimum Gasteiger partial charge on any atom is -0.475 e. The van der Waals surface area contributed by atoms with Crippen molar-refractivity contribution in [3.05, 3.63) is 12.4 Å². The monoisotopic (exact) mass is 250 g/mol. The van der Waals surface area contributed by atoms with E-state index in [9.17, 15) is 0 Å². The van der Waals surface area contributed by atoms with Crippen LogP contribution in [0.5, 0.6) is 5.88 Å². The van der Waals surface area contributed by atoms with Crippen LogP contribution in [0.2, 0.25) is 0 Å². The number of nitrogens with one attached hydrogen (secondary N) is 1. The molecular weight excluding hydrogens is 228 g/mol. The number of hydrogen-bond acceptors (Lipinski definition) is 5.